The third-order valence-corrected chi connectivity index (χ3v) is 5.53. The van der Waals surface area contributed by atoms with Gasteiger partial charge >= 0.3 is 0 Å². The van der Waals surface area contributed by atoms with E-state index in [-0.39, 0.29) is 5.91 Å². The van der Waals surface area contributed by atoms with Crippen molar-refractivity contribution in [2.45, 2.75) is 44.2 Å². The summed E-state index contributed by atoms with van der Waals surface area (Å²) in [6, 6.07) is 4.26. The second-order valence-electron chi connectivity index (χ2n) is 6.38. The van der Waals surface area contributed by atoms with Gasteiger partial charge in [0.25, 0.3) is 5.91 Å². The molecule has 1 amide bonds. The third-order valence-electron chi connectivity index (χ3n) is 5.22. The van der Waals surface area contributed by atoms with Crippen LogP contribution >= 0.6 is 11.6 Å². The molecule has 0 aromatic heterocycles. The largest absolute Gasteiger partial charge is 0.378 e. The van der Waals surface area contributed by atoms with E-state index in [0.29, 0.717) is 22.3 Å². The summed E-state index contributed by atoms with van der Waals surface area (Å²) in [5, 5.41) is 13.2. The minimum Gasteiger partial charge on any atom is -0.378 e. The Labute approximate surface area is 129 Å². The number of aliphatic hydroxyl groups is 1. The fourth-order valence-corrected chi connectivity index (χ4v) is 4.51. The van der Waals surface area contributed by atoms with Crippen molar-refractivity contribution in [3.05, 3.63) is 22.7 Å². The highest BCUT2D eigenvalue weighted by molar-refractivity contribution is 6.33. The summed E-state index contributed by atoms with van der Waals surface area (Å²) < 4.78 is 0. The zero-order chi connectivity index (χ0) is 14.6. The standard InChI is InChI=1S/C16H19ClN2O2/c17-11-7-10-12(18-16(21)15(10)20)8-14(11)19-6-2-4-9-3-1-5-13(9)19/h7-9,13,15,20H,1-6H2,(H,18,21). The summed E-state index contributed by atoms with van der Waals surface area (Å²) in [5.74, 6) is 0.416. The van der Waals surface area contributed by atoms with Gasteiger partial charge in [0.15, 0.2) is 6.10 Å². The number of benzene rings is 1. The van der Waals surface area contributed by atoms with Gasteiger partial charge in [0, 0.05) is 23.8 Å². The molecule has 0 radical (unpaired) electrons. The molecule has 112 valence electrons. The van der Waals surface area contributed by atoms with E-state index in [0.717, 1.165) is 18.2 Å². The molecule has 4 rings (SSSR count). The third kappa shape index (κ3) is 2.04. The summed E-state index contributed by atoms with van der Waals surface area (Å²) >= 11 is 6.45. The van der Waals surface area contributed by atoms with E-state index in [1.165, 1.54) is 32.1 Å². The van der Waals surface area contributed by atoms with Crippen LogP contribution in [-0.2, 0) is 4.79 Å². The summed E-state index contributed by atoms with van der Waals surface area (Å²) in [6.07, 6.45) is 5.27. The van der Waals surface area contributed by atoms with E-state index in [2.05, 4.69) is 10.2 Å². The van der Waals surface area contributed by atoms with Crippen molar-refractivity contribution in [3.8, 4) is 0 Å². The summed E-state index contributed by atoms with van der Waals surface area (Å²) in [6.45, 7) is 1.02. The number of piperidine rings is 1. The minimum atomic E-state index is -1.09. The van der Waals surface area contributed by atoms with Crippen LogP contribution in [0.15, 0.2) is 12.1 Å². The molecule has 0 bridgehead atoms. The van der Waals surface area contributed by atoms with Crippen molar-refractivity contribution in [2.75, 3.05) is 16.8 Å². The van der Waals surface area contributed by atoms with Gasteiger partial charge in [-0.3, -0.25) is 4.79 Å². The Kier molecular flexibility index (Phi) is 3.12. The average Bonchev–Trinajstić information content (AvgIpc) is 3.05. The number of carbonyl (C=O) groups is 1. The SMILES string of the molecule is O=C1Nc2cc(N3CCCC4CCCC43)c(Cl)cc2C1O. The highest BCUT2D eigenvalue weighted by Crippen LogP contribution is 2.44. The van der Waals surface area contributed by atoms with Crippen LogP contribution in [0.4, 0.5) is 11.4 Å². The predicted octanol–water partition coefficient (Wildman–Crippen LogP) is 3.09. The zero-order valence-corrected chi connectivity index (χ0v) is 12.6. The van der Waals surface area contributed by atoms with Gasteiger partial charge in [-0.1, -0.05) is 18.0 Å². The first-order valence-electron chi connectivity index (χ1n) is 7.74. The van der Waals surface area contributed by atoms with Crippen LogP contribution in [0.1, 0.15) is 43.8 Å². The molecule has 1 saturated heterocycles. The van der Waals surface area contributed by atoms with Gasteiger partial charge in [0.1, 0.15) is 0 Å². The number of aliphatic hydroxyl groups excluding tert-OH is 1. The molecular formula is C16H19ClN2O2. The van der Waals surface area contributed by atoms with Crippen molar-refractivity contribution in [1.82, 2.24) is 0 Å². The van der Waals surface area contributed by atoms with E-state index >= 15 is 0 Å². The van der Waals surface area contributed by atoms with Gasteiger partial charge in [-0.15, -0.1) is 0 Å². The van der Waals surface area contributed by atoms with Crippen LogP contribution in [-0.4, -0.2) is 23.6 Å². The van der Waals surface area contributed by atoms with Crippen LogP contribution in [0.5, 0.6) is 0 Å². The Balaban J connectivity index is 1.72. The summed E-state index contributed by atoms with van der Waals surface area (Å²) in [4.78, 5) is 14.0. The lowest BCUT2D eigenvalue weighted by Crippen LogP contribution is -2.42. The van der Waals surface area contributed by atoms with Gasteiger partial charge in [-0.2, -0.15) is 0 Å². The smallest absolute Gasteiger partial charge is 0.257 e. The number of nitrogens with one attached hydrogen (secondary N) is 1. The lowest BCUT2D eigenvalue weighted by molar-refractivity contribution is -0.123. The van der Waals surface area contributed by atoms with E-state index in [1.54, 1.807) is 6.07 Å². The fraction of sp³-hybridized carbons (Fsp3) is 0.562. The van der Waals surface area contributed by atoms with Crippen molar-refractivity contribution in [2.24, 2.45) is 5.92 Å². The summed E-state index contributed by atoms with van der Waals surface area (Å²) in [7, 11) is 0. The highest BCUT2D eigenvalue weighted by atomic mass is 35.5. The number of anilines is 2. The normalized spacial score (nSPS) is 31.0. The van der Waals surface area contributed by atoms with Crippen LogP contribution in [0.3, 0.4) is 0 Å². The topological polar surface area (TPSA) is 52.6 Å². The molecule has 3 aliphatic rings. The van der Waals surface area contributed by atoms with Gasteiger partial charge in [-0.05, 0) is 43.7 Å². The second kappa shape index (κ2) is 4.89. The summed E-state index contributed by atoms with van der Waals surface area (Å²) in [5.41, 5.74) is 2.29. The maximum atomic E-state index is 11.6. The molecule has 21 heavy (non-hydrogen) atoms. The van der Waals surface area contributed by atoms with Crippen molar-refractivity contribution < 1.29 is 9.90 Å². The van der Waals surface area contributed by atoms with Crippen molar-refractivity contribution >= 4 is 28.9 Å². The molecule has 2 N–H and O–H groups in total. The Bertz CT molecular complexity index is 604. The van der Waals surface area contributed by atoms with E-state index in [4.69, 9.17) is 11.6 Å². The molecule has 3 unspecified atom stereocenters. The van der Waals surface area contributed by atoms with Gasteiger partial charge < -0.3 is 15.3 Å². The Morgan fingerprint density at radius 3 is 2.90 bits per heavy atom. The molecule has 4 nitrogen and oxygen atoms in total. The Hall–Kier alpha value is -1.26. The molecule has 1 saturated carbocycles. The molecule has 3 atom stereocenters. The van der Waals surface area contributed by atoms with Gasteiger partial charge in [-0.25, -0.2) is 0 Å². The van der Waals surface area contributed by atoms with Crippen LogP contribution in [0.25, 0.3) is 0 Å². The molecule has 5 heteroatoms. The molecule has 2 heterocycles. The number of carbonyl (C=O) groups excluding carboxylic acids is 1. The maximum absolute atomic E-state index is 11.6. The lowest BCUT2D eigenvalue weighted by atomic mass is 9.91. The minimum absolute atomic E-state index is 0.365. The molecular weight excluding hydrogens is 288 g/mol. The lowest BCUT2D eigenvalue weighted by Gasteiger charge is -2.40. The molecule has 2 fully saturated rings. The zero-order valence-electron chi connectivity index (χ0n) is 11.8. The fourth-order valence-electron chi connectivity index (χ4n) is 4.23. The quantitative estimate of drug-likeness (QED) is 0.838. The highest BCUT2D eigenvalue weighted by Gasteiger charge is 2.37. The number of hydrogen-bond acceptors (Lipinski definition) is 3. The Morgan fingerprint density at radius 2 is 2.05 bits per heavy atom. The van der Waals surface area contributed by atoms with Crippen molar-refractivity contribution in [3.63, 3.8) is 0 Å². The monoisotopic (exact) mass is 306 g/mol. The molecule has 1 aromatic rings. The second-order valence-corrected chi connectivity index (χ2v) is 6.78. The number of halogens is 1. The number of amides is 1. The van der Waals surface area contributed by atoms with Crippen molar-refractivity contribution in [1.29, 1.82) is 0 Å². The van der Waals surface area contributed by atoms with E-state index < -0.39 is 6.10 Å². The van der Waals surface area contributed by atoms with Crippen LogP contribution in [0, 0.1) is 5.92 Å². The Morgan fingerprint density at radius 1 is 1.24 bits per heavy atom. The molecule has 0 spiro atoms. The average molecular weight is 307 g/mol. The van der Waals surface area contributed by atoms with E-state index in [1.807, 2.05) is 6.07 Å². The molecule has 1 aromatic carbocycles. The first-order valence-corrected chi connectivity index (χ1v) is 8.12. The van der Waals surface area contributed by atoms with Crippen LogP contribution < -0.4 is 10.2 Å². The predicted molar refractivity (Wildman–Crippen MR) is 82.8 cm³/mol. The molecule has 1 aliphatic carbocycles. The van der Waals surface area contributed by atoms with Gasteiger partial charge in [0.05, 0.1) is 10.7 Å². The van der Waals surface area contributed by atoms with Gasteiger partial charge in [0.2, 0.25) is 0 Å². The number of fused-ring (bicyclic) bond motifs is 2. The molecule has 2 aliphatic heterocycles. The number of nitrogens with zero attached hydrogens (tertiary/aromatic N) is 1. The number of hydrogen-bond donors (Lipinski definition) is 2. The first-order chi connectivity index (χ1) is 10.1. The number of rotatable bonds is 1. The first kappa shape index (κ1) is 13.4. The van der Waals surface area contributed by atoms with E-state index in [9.17, 15) is 9.90 Å². The van der Waals surface area contributed by atoms with Crippen LogP contribution in [0.2, 0.25) is 5.02 Å². The maximum Gasteiger partial charge on any atom is 0.257 e.